The van der Waals surface area contributed by atoms with Gasteiger partial charge in [0.05, 0.1) is 0 Å². The molecule has 0 fully saturated rings. The van der Waals surface area contributed by atoms with Crippen LogP contribution in [0.2, 0.25) is 0 Å². The van der Waals surface area contributed by atoms with Crippen LogP contribution in [-0.4, -0.2) is 15.2 Å². The third-order valence-electron chi connectivity index (χ3n) is 2.98. The van der Waals surface area contributed by atoms with Crippen molar-refractivity contribution in [2.45, 2.75) is 13.8 Å². The van der Waals surface area contributed by atoms with Crippen molar-refractivity contribution in [3.05, 3.63) is 40.1 Å². The molecule has 3 rings (SSSR count). The Balaban J connectivity index is 2.01. The Labute approximate surface area is 114 Å². The fourth-order valence-corrected chi connectivity index (χ4v) is 2.61. The van der Waals surface area contributed by atoms with Crippen LogP contribution in [0.4, 0.5) is 0 Å². The van der Waals surface area contributed by atoms with Gasteiger partial charge in [-0.3, -0.25) is 0 Å². The number of hydrogen-bond donors (Lipinski definition) is 1. The molecule has 0 aliphatic carbocycles. The van der Waals surface area contributed by atoms with Crippen LogP contribution in [-0.2, 0) is 0 Å². The molecule has 0 saturated heterocycles. The molecular weight excluding hydrogens is 260 g/mol. The summed E-state index contributed by atoms with van der Waals surface area (Å²) in [5.74, 6) is 1.22. The fraction of sp³-hybridized carbons (Fsp3) is 0.143. The van der Waals surface area contributed by atoms with Crippen molar-refractivity contribution in [1.82, 2.24) is 10.1 Å². The van der Waals surface area contributed by atoms with E-state index in [4.69, 9.17) is 4.52 Å². The van der Waals surface area contributed by atoms with Gasteiger partial charge in [0, 0.05) is 16.5 Å². The van der Waals surface area contributed by atoms with Gasteiger partial charge >= 0.3 is 0 Å². The van der Waals surface area contributed by atoms with Crippen molar-refractivity contribution in [3.8, 4) is 28.6 Å². The number of rotatable bonds is 2. The summed E-state index contributed by atoms with van der Waals surface area (Å²) in [4.78, 5) is 4.37. The lowest BCUT2D eigenvalue weighted by molar-refractivity contribution is 0.431. The van der Waals surface area contributed by atoms with E-state index >= 15 is 0 Å². The second-order valence-electron chi connectivity index (χ2n) is 4.39. The van der Waals surface area contributed by atoms with Gasteiger partial charge in [-0.15, -0.1) is 0 Å². The number of phenolic OH excluding ortho intramolecular Hbond substituents is 1. The van der Waals surface area contributed by atoms with Crippen molar-refractivity contribution < 1.29 is 9.63 Å². The molecule has 0 amide bonds. The molecule has 0 bridgehead atoms. The summed E-state index contributed by atoms with van der Waals surface area (Å²) in [5.41, 5.74) is 3.65. The van der Waals surface area contributed by atoms with E-state index in [0.29, 0.717) is 11.7 Å². The van der Waals surface area contributed by atoms with Crippen LogP contribution in [0, 0.1) is 13.8 Å². The predicted molar refractivity (Wildman–Crippen MR) is 74.2 cm³/mol. The lowest BCUT2D eigenvalue weighted by Crippen LogP contribution is -1.82. The first-order valence-corrected chi connectivity index (χ1v) is 6.76. The van der Waals surface area contributed by atoms with Gasteiger partial charge in [-0.2, -0.15) is 16.3 Å². The number of thiophene rings is 1. The third kappa shape index (κ3) is 2.13. The van der Waals surface area contributed by atoms with Crippen molar-refractivity contribution in [2.75, 3.05) is 0 Å². The highest BCUT2D eigenvalue weighted by Gasteiger charge is 2.13. The highest BCUT2D eigenvalue weighted by atomic mass is 32.1. The molecule has 0 aliphatic heterocycles. The first kappa shape index (κ1) is 11.9. The summed E-state index contributed by atoms with van der Waals surface area (Å²) < 4.78 is 5.26. The second kappa shape index (κ2) is 4.51. The summed E-state index contributed by atoms with van der Waals surface area (Å²) in [6, 6.07) is 5.31. The van der Waals surface area contributed by atoms with Crippen LogP contribution in [0.1, 0.15) is 11.1 Å². The van der Waals surface area contributed by atoms with Crippen LogP contribution in [0.25, 0.3) is 22.8 Å². The van der Waals surface area contributed by atoms with E-state index in [2.05, 4.69) is 10.1 Å². The topological polar surface area (TPSA) is 59.2 Å². The van der Waals surface area contributed by atoms with Crippen LogP contribution in [0.3, 0.4) is 0 Å². The Morgan fingerprint density at radius 2 is 2.00 bits per heavy atom. The van der Waals surface area contributed by atoms with E-state index < -0.39 is 0 Å². The number of nitrogens with zero attached hydrogens (tertiary/aromatic N) is 2. The molecule has 1 aromatic carbocycles. The van der Waals surface area contributed by atoms with Crippen molar-refractivity contribution >= 4 is 11.3 Å². The lowest BCUT2D eigenvalue weighted by atomic mass is 10.1. The Morgan fingerprint density at radius 1 is 1.16 bits per heavy atom. The zero-order valence-electron chi connectivity index (χ0n) is 10.5. The quantitative estimate of drug-likeness (QED) is 0.771. The van der Waals surface area contributed by atoms with Gasteiger partial charge in [0.1, 0.15) is 5.75 Å². The third-order valence-corrected chi connectivity index (χ3v) is 3.84. The van der Waals surface area contributed by atoms with Crippen molar-refractivity contribution in [1.29, 1.82) is 0 Å². The minimum Gasteiger partial charge on any atom is -0.508 e. The van der Waals surface area contributed by atoms with Gasteiger partial charge in [0.25, 0.3) is 5.89 Å². The standard InChI is InChI=1S/C14H12N2O2S/c1-8-3-4-10(5-12(8)17)14-15-13(16-18-14)11-7-19-6-9(11)2/h3-7,17H,1-2H3. The Kier molecular flexibility index (Phi) is 2.83. The van der Waals surface area contributed by atoms with Crippen LogP contribution < -0.4 is 0 Å². The maximum absolute atomic E-state index is 9.71. The minimum atomic E-state index is 0.226. The molecule has 0 saturated carbocycles. The smallest absolute Gasteiger partial charge is 0.258 e. The molecule has 1 N–H and O–H groups in total. The number of hydrogen-bond acceptors (Lipinski definition) is 5. The molecule has 2 aromatic heterocycles. The van der Waals surface area contributed by atoms with Gasteiger partial charge in [0.15, 0.2) is 0 Å². The molecule has 3 aromatic rings. The molecule has 0 radical (unpaired) electrons. The summed E-state index contributed by atoms with van der Waals surface area (Å²) in [7, 11) is 0. The van der Waals surface area contributed by atoms with Gasteiger partial charge in [-0.25, -0.2) is 0 Å². The molecule has 4 nitrogen and oxygen atoms in total. The summed E-state index contributed by atoms with van der Waals surface area (Å²) in [6.07, 6.45) is 0. The summed E-state index contributed by atoms with van der Waals surface area (Å²) in [5, 5.41) is 17.7. The zero-order valence-corrected chi connectivity index (χ0v) is 11.4. The molecule has 2 heterocycles. The van der Waals surface area contributed by atoms with Crippen LogP contribution in [0.15, 0.2) is 33.5 Å². The van der Waals surface area contributed by atoms with Crippen molar-refractivity contribution in [2.24, 2.45) is 0 Å². The van der Waals surface area contributed by atoms with Gasteiger partial charge in [-0.05, 0) is 42.5 Å². The molecular formula is C14H12N2O2S. The highest BCUT2D eigenvalue weighted by molar-refractivity contribution is 7.08. The number of phenols is 1. The average molecular weight is 272 g/mol. The monoisotopic (exact) mass is 272 g/mol. The maximum atomic E-state index is 9.71. The Bertz CT molecular complexity index is 731. The molecule has 0 aliphatic rings. The average Bonchev–Trinajstić information content (AvgIpc) is 3.01. The molecule has 0 spiro atoms. The summed E-state index contributed by atoms with van der Waals surface area (Å²) in [6.45, 7) is 3.85. The SMILES string of the molecule is Cc1ccc(-c2nc(-c3cscc3C)no2)cc1O. The second-order valence-corrected chi connectivity index (χ2v) is 5.14. The normalized spacial score (nSPS) is 10.8. The van der Waals surface area contributed by atoms with E-state index in [1.165, 1.54) is 0 Å². The maximum Gasteiger partial charge on any atom is 0.258 e. The minimum absolute atomic E-state index is 0.226. The molecule has 96 valence electrons. The molecule has 19 heavy (non-hydrogen) atoms. The largest absolute Gasteiger partial charge is 0.508 e. The first-order valence-electron chi connectivity index (χ1n) is 5.82. The Hall–Kier alpha value is -2.14. The van der Waals surface area contributed by atoms with E-state index in [-0.39, 0.29) is 5.75 Å². The zero-order chi connectivity index (χ0) is 13.4. The van der Waals surface area contributed by atoms with Crippen molar-refractivity contribution in [3.63, 3.8) is 0 Å². The van der Waals surface area contributed by atoms with E-state index in [0.717, 1.165) is 22.3 Å². The van der Waals surface area contributed by atoms with Crippen LogP contribution >= 0.6 is 11.3 Å². The van der Waals surface area contributed by atoms with Gasteiger partial charge in [-0.1, -0.05) is 11.2 Å². The summed E-state index contributed by atoms with van der Waals surface area (Å²) >= 11 is 1.61. The number of aryl methyl sites for hydroxylation is 2. The molecule has 5 heteroatoms. The first-order chi connectivity index (χ1) is 9.15. The van der Waals surface area contributed by atoms with Crippen LogP contribution in [0.5, 0.6) is 5.75 Å². The Morgan fingerprint density at radius 3 is 2.68 bits per heavy atom. The lowest BCUT2D eigenvalue weighted by Gasteiger charge is -1.99. The number of aromatic hydroxyl groups is 1. The van der Waals surface area contributed by atoms with Gasteiger partial charge < -0.3 is 9.63 Å². The number of benzene rings is 1. The van der Waals surface area contributed by atoms with E-state index in [9.17, 15) is 5.11 Å². The van der Waals surface area contributed by atoms with E-state index in [1.54, 1.807) is 17.4 Å². The van der Waals surface area contributed by atoms with E-state index in [1.807, 2.05) is 36.7 Å². The predicted octanol–water partition coefficient (Wildman–Crippen LogP) is 3.79. The molecule has 0 atom stereocenters. The highest BCUT2D eigenvalue weighted by Crippen LogP contribution is 2.29. The molecule has 0 unspecified atom stereocenters. The van der Waals surface area contributed by atoms with Gasteiger partial charge in [0.2, 0.25) is 5.82 Å². The fourth-order valence-electron chi connectivity index (χ4n) is 1.78. The number of aromatic nitrogens is 2.